The number of fused-ring (bicyclic) bond motifs is 1. The first-order valence-corrected chi connectivity index (χ1v) is 4.93. The van der Waals surface area contributed by atoms with Gasteiger partial charge in [0.25, 0.3) is 0 Å². The Morgan fingerprint density at radius 2 is 2.12 bits per heavy atom. The van der Waals surface area contributed by atoms with Gasteiger partial charge in [0.1, 0.15) is 5.56 Å². The molecule has 16 heavy (non-hydrogen) atoms. The molecule has 0 saturated heterocycles. The SMILES string of the molecule is CC(=O)c1c(O)c(F)cc2c1OCCCO2. The highest BCUT2D eigenvalue weighted by atomic mass is 19.1. The Bertz CT molecular complexity index is 442. The van der Waals surface area contributed by atoms with E-state index >= 15 is 0 Å². The van der Waals surface area contributed by atoms with Gasteiger partial charge in [0.15, 0.2) is 28.8 Å². The van der Waals surface area contributed by atoms with E-state index in [1.165, 1.54) is 6.92 Å². The number of phenols is 1. The van der Waals surface area contributed by atoms with Crippen LogP contribution in [0.5, 0.6) is 17.2 Å². The van der Waals surface area contributed by atoms with E-state index in [9.17, 15) is 14.3 Å². The van der Waals surface area contributed by atoms with Crippen molar-refractivity contribution in [1.29, 1.82) is 0 Å². The van der Waals surface area contributed by atoms with Gasteiger partial charge in [0.2, 0.25) is 0 Å². The summed E-state index contributed by atoms with van der Waals surface area (Å²) in [5.41, 5.74) is -0.156. The molecule has 0 bridgehead atoms. The predicted molar refractivity (Wildman–Crippen MR) is 53.7 cm³/mol. The molecule has 5 heteroatoms. The highest BCUT2D eigenvalue weighted by Gasteiger charge is 2.24. The molecular weight excluding hydrogens is 215 g/mol. The van der Waals surface area contributed by atoms with Gasteiger partial charge in [-0.3, -0.25) is 4.79 Å². The van der Waals surface area contributed by atoms with Gasteiger partial charge in [-0.15, -0.1) is 0 Å². The zero-order valence-corrected chi connectivity index (χ0v) is 8.75. The summed E-state index contributed by atoms with van der Waals surface area (Å²) in [6.45, 7) is 2.01. The summed E-state index contributed by atoms with van der Waals surface area (Å²) in [5, 5.41) is 9.48. The maximum absolute atomic E-state index is 13.3. The number of benzene rings is 1. The Balaban J connectivity index is 2.65. The minimum absolute atomic E-state index is 0.129. The smallest absolute Gasteiger partial charge is 0.175 e. The Hall–Kier alpha value is -1.78. The Morgan fingerprint density at radius 3 is 2.81 bits per heavy atom. The molecule has 0 atom stereocenters. The Morgan fingerprint density at radius 1 is 1.44 bits per heavy atom. The lowest BCUT2D eigenvalue weighted by atomic mass is 10.1. The van der Waals surface area contributed by atoms with Crippen LogP contribution in [0.2, 0.25) is 0 Å². The first-order chi connectivity index (χ1) is 7.61. The van der Waals surface area contributed by atoms with Crippen molar-refractivity contribution in [2.24, 2.45) is 0 Å². The topological polar surface area (TPSA) is 55.8 Å². The first kappa shape index (κ1) is 10.7. The third kappa shape index (κ3) is 1.68. The lowest BCUT2D eigenvalue weighted by Crippen LogP contribution is -2.03. The number of Topliss-reactive ketones (excluding diaryl/α,β-unsaturated/α-hetero) is 1. The molecule has 4 nitrogen and oxygen atoms in total. The molecule has 0 amide bonds. The van der Waals surface area contributed by atoms with Crippen molar-refractivity contribution in [2.45, 2.75) is 13.3 Å². The molecule has 2 rings (SSSR count). The molecule has 0 saturated carbocycles. The second kappa shape index (κ2) is 4.00. The van der Waals surface area contributed by atoms with Crippen LogP contribution in [0.1, 0.15) is 23.7 Å². The lowest BCUT2D eigenvalue weighted by Gasteiger charge is -2.12. The maximum Gasteiger partial charge on any atom is 0.175 e. The van der Waals surface area contributed by atoms with Gasteiger partial charge in [-0.05, 0) is 6.92 Å². The average molecular weight is 226 g/mol. The number of hydrogen-bond donors (Lipinski definition) is 1. The molecular formula is C11H11FO4. The number of carbonyl (C=O) groups excluding carboxylic acids is 1. The van der Waals surface area contributed by atoms with Gasteiger partial charge in [0, 0.05) is 12.5 Å². The molecule has 0 spiro atoms. The van der Waals surface area contributed by atoms with Crippen molar-refractivity contribution in [3.8, 4) is 17.2 Å². The normalized spacial score (nSPS) is 14.4. The molecule has 1 aliphatic rings. The summed E-state index contributed by atoms with van der Waals surface area (Å²) < 4.78 is 23.9. The summed E-state index contributed by atoms with van der Waals surface area (Å²) in [7, 11) is 0. The van der Waals surface area contributed by atoms with E-state index in [0.717, 1.165) is 6.07 Å². The minimum atomic E-state index is -0.880. The molecule has 0 unspecified atom stereocenters. The van der Waals surface area contributed by atoms with Crippen LogP contribution in [0.15, 0.2) is 6.07 Å². The van der Waals surface area contributed by atoms with Gasteiger partial charge in [-0.25, -0.2) is 4.39 Å². The van der Waals surface area contributed by atoms with Crippen LogP contribution < -0.4 is 9.47 Å². The summed E-state index contributed by atoms with van der Waals surface area (Å²) in [6, 6.07) is 1.03. The van der Waals surface area contributed by atoms with Crippen LogP contribution in [-0.4, -0.2) is 24.1 Å². The highest BCUT2D eigenvalue weighted by Crippen LogP contribution is 2.40. The van der Waals surface area contributed by atoms with Crippen LogP contribution >= 0.6 is 0 Å². The molecule has 1 aliphatic heterocycles. The molecule has 0 aliphatic carbocycles. The van der Waals surface area contributed by atoms with Crippen LogP contribution in [0, 0.1) is 5.82 Å². The van der Waals surface area contributed by atoms with Crippen LogP contribution in [0.4, 0.5) is 4.39 Å². The van der Waals surface area contributed by atoms with E-state index < -0.39 is 17.3 Å². The van der Waals surface area contributed by atoms with Crippen molar-refractivity contribution >= 4 is 5.78 Å². The third-order valence-corrected chi connectivity index (χ3v) is 2.32. The molecule has 1 N–H and O–H groups in total. The van der Waals surface area contributed by atoms with Gasteiger partial charge in [-0.1, -0.05) is 0 Å². The monoisotopic (exact) mass is 226 g/mol. The molecule has 0 radical (unpaired) electrons. The van der Waals surface area contributed by atoms with Crippen molar-refractivity contribution in [3.05, 3.63) is 17.4 Å². The minimum Gasteiger partial charge on any atom is -0.504 e. The molecule has 1 aromatic rings. The lowest BCUT2D eigenvalue weighted by molar-refractivity contribution is 0.101. The zero-order chi connectivity index (χ0) is 11.7. The van der Waals surface area contributed by atoms with Crippen LogP contribution in [-0.2, 0) is 0 Å². The fourth-order valence-corrected chi connectivity index (χ4v) is 1.59. The van der Waals surface area contributed by atoms with Gasteiger partial charge < -0.3 is 14.6 Å². The number of rotatable bonds is 1. The number of carbonyl (C=O) groups is 1. The van der Waals surface area contributed by atoms with Crippen molar-refractivity contribution in [3.63, 3.8) is 0 Å². The summed E-state index contributed by atoms with van der Waals surface area (Å²) >= 11 is 0. The van der Waals surface area contributed by atoms with Crippen LogP contribution in [0.25, 0.3) is 0 Å². The average Bonchev–Trinajstić information content (AvgIpc) is 2.44. The summed E-state index contributed by atoms with van der Waals surface area (Å²) in [6.07, 6.45) is 0.647. The second-order valence-electron chi connectivity index (χ2n) is 3.52. The number of ether oxygens (including phenoxy) is 2. The largest absolute Gasteiger partial charge is 0.504 e. The zero-order valence-electron chi connectivity index (χ0n) is 8.75. The van der Waals surface area contributed by atoms with Crippen LogP contribution in [0.3, 0.4) is 0 Å². The van der Waals surface area contributed by atoms with Crippen molar-refractivity contribution in [1.82, 2.24) is 0 Å². The summed E-state index contributed by atoms with van der Waals surface area (Å²) in [4.78, 5) is 11.3. The second-order valence-corrected chi connectivity index (χ2v) is 3.52. The van der Waals surface area contributed by atoms with E-state index in [0.29, 0.717) is 19.6 Å². The number of halogens is 1. The maximum atomic E-state index is 13.3. The molecule has 0 fully saturated rings. The van der Waals surface area contributed by atoms with E-state index in [-0.39, 0.29) is 17.1 Å². The quantitative estimate of drug-likeness (QED) is 0.743. The van der Waals surface area contributed by atoms with Gasteiger partial charge in [-0.2, -0.15) is 0 Å². The fraction of sp³-hybridized carbons (Fsp3) is 0.364. The number of ketones is 1. The molecule has 1 heterocycles. The predicted octanol–water partition coefficient (Wildman–Crippen LogP) is 1.90. The van der Waals surface area contributed by atoms with E-state index in [4.69, 9.17) is 9.47 Å². The van der Waals surface area contributed by atoms with E-state index in [1.54, 1.807) is 0 Å². The Labute approximate surface area is 91.6 Å². The molecule has 86 valence electrons. The van der Waals surface area contributed by atoms with Crippen molar-refractivity contribution < 1.29 is 23.8 Å². The van der Waals surface area contributed by atoms with E-state index in [2.05, 4.69) is 0 Å². The molecule has 1 aromatic carbocycles. The standard InChI is InChI=1S/C11H11FO4/c1-6(13)9-10(14)7(12)5-8-11(9)16-4-2-3-15-8/h5,14H,2-4H2,1H3. The number of aromatic hydroxyl groups is 1. The van der Waals surface area contributed by atoms with E-state index in [1.807, 2.05) is 0 Å². The summed E-state index contributed by atoms with van der Waals surface area (Å²) in [5.74, 6) is -1.73. The molecule has 0 aromatic heterocycles. The van der Waals surface area contributed by atoms with Crippen molar-refractivity contribution in [2.75, 3.05) is 13.2 Å². The highest BCUT2D eigenvalue weighted by molar-refractivity contribution is 6.00. The third-order valence-electron chi connectivity index (χ3n) is 2.32. The first-order valence-electron chi connectivity index (χ1n) is 4.93. The Kier molecular flexibility index (Phi) is 2.68. The van der Waals surface area contributed by atoms with Gasteiger partial charge in [0.05, 0.1) is 13.2 Å². The fourth-order valence-electron chi connectivity index (χ4n) is 1.59. The number of phenolic OH excluding ortho intramolecular Hbond substituents is 1. The van der Waals surface area contributed by atoms with Gasteiger partial charge >= 0.3 is 0 Å². The number of hydrogen-bond acceptors (Lipinski definition) is 4.